The van der Waals surface area contributed by atoms with Crippen molar-refractivity contribution in [3.05, 3.63) is 22.7 Å². The van der Waals surface area contributed by atoms with Gasteiger partial charge in [0, 0.05) is 6.20 Å². The first-order valence-electron chi connectivity index (χ1n) is 8.91. The van der Waals surface area contributed by atoms with Crippen molar-refractivity contribution < 1.29 is 51.7 Å². The molecule has 1 aromatic heterocycles. The highest BCUT2D eigenvalue weighted by Gasteiger charge is 2.45. The lowest BCUT2D eigenvalue weighted by Gasteiger charge is -2.27. The van der Waals surface area contributed by atoms with Crippen molar-refractivity contribution >= 4 is 21.5 Å². The molecule has 2 rings (SSSR count). The highest BCUT2D eigenvalue weighted by Crippen LogP contribution is 2.58. The molecule has 15 nitrogen and oxygen atoms in total. The van der Waals surface area contributed by atoms with E-state index in [1.807, 2.05) is 0 Å². The van der Waals surface area contributed by atoms with Gasteiger partial charge in [0.15, 0.2) is 6.23 Å². The van der Waals surface area contributed by atoms with Gasteiger partial charge in [0.25, 0.3) is 7.82 Å². The zero-order valence-corrected chi connectivity index (χ0v) is 18.8. The molecule has 4 unspecified atom stereocenters. The summed E-state index contributed by atoms with van der Waals surface area (Å²) in [6, 6.07) is 1.25. The maximum Gasteiger partial charge on any atom is 0.478 e. The van der Waals surface area contributed by atoms with E-state index in [2.05, 4.69) is 18.3 Å². The number of aromatic nitrogens is 2. The number of aliphatic hydroxyl groups is 2. The normalized spacial score (nSPS) is 28.2. The number of ether oxygens (including phenoxy) is 1. The fourth-order valence-corrected chi connectivity index (χ4v) is 4.51. The van der Waals surface area contributed by atoms with E-state index in [0.29, 0.717) is 11.0 Å². The van der Waals surface area contributed by atoms with Crippen LogP contribution in [0.1, 0.15) is 6.23 Å². The van der Waals surface area contributed by atoms with Crippen LogP contribution < -0.4 is 16.3 Å². The minimum atomic E-state index is -5.36. The molecule has 6 atom stereocenters. The number of hydrogen-bond acceptors (Lipinski definition) is 12. The summed E-state index contributed by atoms with van der Waals surface area (Å²) in [6.07, 6.45) is -4.94. The molecule has 2 heterocycles. The fraction of sp³-hybridized carbons (Fsp3) is 0.714. The third-order valence-electron chi connectivity index (χ3n) is 4.08. The second-order valence-corrected chi connectivity index (χ2v) is 10.7. The number of phosphoric acid groups is 2. The summed E-state index contributed by atoms with van der Waals surface area (Å²) >= 11 is 0. The van der Waals surface area contributed by atoms with E-state index in [0.717, 1.165) is 4.57 Å². The van der Waals surface area contributed by atoms with Crippen LogP contribution in [0.4, 0.5) is 5.82 Å². The van der Waals surface area contributed by atoms with Crippen LogP contribution in [-0.2, 0) is 27.2 Å². The first kappa shape index (κ1) is 26.0. The highest BCUT2D eigenvalue weighted by atomic mass is 31.3. The number of quaternary nitrogens is 1. The number of phosphoric ester groups is 2. The average molecular weight is 488 g/mol. The fourth-order valence-electron chi connectivity index (χ4n) is 2.48. The quantitative estimate of drug-likeness (QED) is 0.203. The van der Waals surface area contributed by atoms with Crippen LogP contribution in [0, 0.1) is 0 Å². The predicted molar refractivity (Wildman–Crippen MR) is 102 cm³/mol. The standard InChI is InChI=1S/C14H26N4O11P2/c1-18(2,3)6-7-26-30(22,23)29-31(24,25)27-8-9-11(19)12(20)13(28-9)17-5-4-10(15)16-14(17)21/h4-5,9,11-13,19-20H,6-8H2,1-3H3,(H3-,15,16,21,22,23,24,25)/t9?,11-,12-,13?/m1/s1. The van der Waals surface area contributed by atoms with Crippen LogP contribution in [0.3, 0.4) is 0 Å². The third-order valence-corrected chi connectivity index (χ3v) is 6.68. The molecule has 1 saturated heterocycles. The van der Waals surface area contributed by atoms with Crippen molar-refractivity contribution in [2.45, 2.75) is 24.5 Å². The van der Waals surface area contributed by atoms with Crippen molar-refractivity contribution in [3.8, 4) is 0 Å². The SMILES string of the molecule is C[N+](C)(C)CCOP(=O)(O)OP(=O)([O-])OCC1OC(n2ccc(N)nc2=O)[C@H](O)[C@@H]1O. The first-order chi connectivity index (χ1) is 14.1. The first-order valence-corrected chi connectivity index (χ1v) is 11.9. The molecule has 0 aromatic carbocycles. The molecular weight excluding hydrogens is 462 g/mol. The van der Waals surface area contributed by atoms with E-state index in [1.165, 1.54) is 12.3 Å². The van der Waals surface area contributed by atoms with Gasteiger partial charge in [-0.3, -0.25) is 13.7 Å². The van der Waals surface area contributed by atoms with E-state index in [9.17, 15) is 33.9 Å². The molecule has 0 saturated carbocycles. The molecule has 0 radical (unpaired) electrons. The molecule has 5 N–H and O–H groups in total. The Morgan fingerprint density at radius 2 is 1.94 bits per heavy atom. The number of nitrogens with two attached hydrogens (primary N) is 1. The Morgan fingerprint density at radius 1 is 1.29 bits per heavy atom. The molecular formula is C14H26N4O11P2. The lowest BCUT2D eigenvalue weighted by Crippen LogP contribution is -2.37. The smallest absolute Gasteiger partial charge is 0.478 e. The summed E-state index contributed by atoms with van der Waals surface area (Å²) < 4.78 is 43.4. The summed E-state index contributed by atoms with van der Waals surface area (Å²) in [6.45, 7) is -0.857. The van der Waals surface area contributed by atoms with Gasteiger partial charge in [-0.15, -0.1) is 0 Å². The number of nitrogen functional groups attached to an aromatic ring is 1. The van der Waals surface area contributed by atoms with Gasteiger partial charge in [-0.2, -0.15) is 4.98 Å². The van der Waals surface area contributed by atoms with Gasteiger partial charge in [-0.25, -0.2) is 13.7 Å². The number of anilines is 1. The van der Waals surface area contributed by atoms with E-state index in [1.54, 1.807) is 21.1 Å². The van der Waals surface area contributed by atoms with Gasteiger partial charge in [0.1, 0.15) is 37.3 Å². The lowest BCUT2D eigenvalue weighted by atomic mass is 10.1. The number of hydrogen-bond donors (Lipinski definition) is 4. The number of nitrogens with zero attached hydrogens (tertiary/aromatic N) is 3. The molecule has 31 heavy (non-hydrogen) atoms. The van der Waals surface area contributed by atoms with E-state index in [4.69, 9.17) is 10.5 Å². The topological polar surface area (TPSA) is 216 Å². The van der Waals surface area contributed by atoms with Gasteiger partial charge in [-0.05, 0) is 6.07 Å². The van der Waals surface area contributed by atoms with Crippen LogP contribution in [0.25, 0.3) is 0 Å². The molecule has 0 spiro atoms. The number of rotatable bonds is 10. The number of aliphatic hydroxyl groups excluding tert-OH is 2. The summed E-state index contributed by atoms with van der Waals surface area (Å²) in [5.74, 6) is -0.0734. The predicted octanol–water partition coefficient (Wildman–Crippen LogP) is -2.23. The van der Waals surface area contributed by atoms with Crippen LogP contribution >= 0.6 is 15.6 Å². The second-order valence-electron chi connectivity index (χ2n) is 7.73. The van der Waals surface area contributed by atoms with Crippen molar-refractivity contribution in [2.24, 2.45) is 0 Å². The Labute approximate surface area is 177 Å². The maximum atomic E-state index is 11.9. The van der Waals surface area contributed by atoms with E-state index >= 15 is 0 Å². The molecule has 1 aromatic rings. The van der Waals surface area contributed by atoms with E-state index < -0.39 is 52.5 Å². The van der Waals surface area contributed by atoms with Gasteiger partial charge in [0.05, 0.1) is 27.7 Å². The second kappa shape index (κ2) is 9.73. The summed E-state index contributed by atoms with van der Waals surface area (Å²) in [4.78, 5) is 36.8. The zero-order valence-electron chi connectivity index (χ0n) is 17.0. The van der Waals surface area contributed by atoms with Gasteiger partial charge in [-0.1, -0.05) is 0 Å². The van der Waals surface area contributed by atoms with Crippen molar-refractivity contribution in [1.29, 1.82) is 0 Å². The van der Waals surface area contributed by atoms with Crippen molar-refractivity contribution in [1.82, 2.24) is 9.55 Å². The largest absolute Gasteiger partial charge is 0.756 e. The van der Waals surface area contributed by atoms with Crippen LogP contribution in [0.5, 0.6) is 0 Å². The summed E-state index contributed by atoms with van der Waals surface area (Å²) in [7, 11) is -4.99. The highest BCUT2D eigenvalue weighted by molar-refractivity contribution is 7.60. The summed E-state index contributed by atoms with van der Waals surface area (Å²) in [5, 5.41) is 20.2. The Morgan fingerprint density at radius 3 is 2.52 bits per heavy atom. The van der Waals surface area contributed by atoms with Gasteiger partial charge in [0.2, 0.25) is 0 Å². The van der Waals surface area contributed by atoms with Crippen molar-refractivity contribution in [3.63, 3.8) is 0 Å². The molecule has 0 bridgehead atoms. The molecule has 178 valence electrons. The maximum absolute atomic E-state index is 11.9. The Balaban J connectivity index is 1.96. The van der Waals surface area contributed by atoms with Crippen LogP contribution in [-0.4, -0.2) is 88.4 Å². The Hall–Kier alpha value is -1.22. The van der Waals surface area contributed by atoms with Crippen molar-refractivity contribution in [2.75, 3.05) is 46.6 Å². The monoisotopic (exact) mass is 488 g/mol. The molecule has 0 aliphatic carbocycles. The third kappa shape index (κ3) is 7.70. The molecule has 17 heteroatoms. The van der Waals surface area contributed by atoms with Gasteiger partial charge >= 0.3 is 13.5 Å². The molecule has 1 aliphatic rings. The van der Waals surface area contributed by atoms with Gasteiger partial charge < -0.3 is 39.5 Å². The molecule has 0 amide bonds. The zero-order chi connectivity index (χ0) is 23.6. The molecule has 1 fully saturated rings. The van der Waals surface area contributed by atoms with Crippen LogP contribution in [0.15, 0.2) is 17.1 Å². The lowest BCUT2D eigenvalue weighted by molar-refractivity contribution is -0.870. The van der Waals surface area contributed by atoms with E-state index in [-0.39, 0.29) is 12.4 Å². The minimum Gasteiger partial charge on any atom is -0.756 e. The minimum absolute atomic E-state index is 0.0734. The number of likely N-dealkylation sites (N-methyl/N-ethyl adjacent to an activating group) is 1. The Kier molecular flexibility index (Phi) is 8.17. The Bertz CT molecular complexity index is 920. The average Bonchev–Trinajstić information content (AvgIpc) is 2.86. The van der Waals surface area contributed by atoms with Crippen LogP contribution in [0.2, 0.25) is 0 Å². The summed E-state index contributed by atoms with van der Waals surface area (Å²) in [5.41, 5.74) is 4.51. The molecule has 1 aliphatic heterocycles.